The van der Waals surface area contributed by atoms with E-state index in [1.54, 1.807) is 19.1 Å². The van der Waals surface area contributed by atoms with E-state index in [9.17, 15) is 19.1 Å². The molecular weight excluding hydrogens is 309 g/mol. The van der Waals surface area contributed by atoms with Gasteiger partial charge in [-0.2, -0.15) is 0 Å². The van der Waals surface area contributed by atoms with Crippen molar-refractivity contribution in [1.29, 1.82) is 0 Å². The number of carboxylic acids is 1. The standard InChI is InChI=1S/C19H20FNO3/c1-13(11-15-7-9-16(20)10-8-15)18(22)21-17(19(23)24)12-14-5-3-2-4-6-14/h2-10,13,17H,11-12H2,1H3,(H,21,22)(H,23,24)/t13-,17-/m1/s1. The summed E-state index contributed by atoms with van der Waals surface area (Å²) < 4.78 is 12.9. The summed E-state index contributed by atoms with van der Waals surface area (Å²) in [6.45, 7) is 1.72. The fourth-order valence-corrected chi connectivity index (χ4v) is 2.43. The first-order valence-electron chi connectivity index (χ1n) is 7.77. The van der Waals surface area contributed by atoms with Crippen LogP contribution in [-0.4, -0.2) is 23.0 Å². The van der Waals surface area contributed by atoms with Crippen molar-refractivity contribution in [3.8, 4) is 0 Å². The summed E-state index contributed by atoms with van der Waals surface area (Å²) in [4.78, 5) is 23.7. The van der Waals surface area contributed by atoms with Gasteiger partial charge in [-0.15, -0.1) is 0 Å². The molecule has 0 heterocycles. The molecule has 4 nitrogen and oxygen atoms in total. The Balaban J connectivity index is 1.96. The van der Waals surface area contributed by atoms with Gasteiger partial charge in [0.05, 0.1) is 0 Å². The van der Waals surface area contributed by atoms with Crippen molar-refractivity contribution < 1.29 is 19.1 Å². The first kappa shape index (κ1) is 17.7. The van der Waals surface area contributed by atoms with Crippen molar-refractivity contribution >= 4 is 11.9 Å². The maximum absolute atomic E-state index is 12.9. The molecule has 2 aromatic carbocycles. The van der Waals surface area contributed by atoms with Crippen molar-refractivity contribution in [2.45, 2.75) is 25.8 Å². The van der Waals surface area contributed by atoms with E-state index >= 15 is 0 Å². The second-order valence-corrected chi connectivity index (χ2v) is 5.82. The molecule has 1 amide bonds. The van der Waals surface area contributed by atoms with E-state index in [1.807, 2.05) is 30.3 Å². The van der Waals surface area contributed by atoms with Gasteiger partial charge in [0, 0.05) is 12.3 Å². The van der Waals surface area contributed by atoms with Crippen LogP contribution in [0.25, 0.3) is 0 Å². The molecule has 2 rings (SSSR count). The number of carboxylic acid groups (broad SMARTS) is 1. The Morgan fingerprint density at radius 1 is 1.00 bits per heavy atom. The molecule has 2 aromatic rings. The Morgan fingerprint density at radius 3 is 2.17 bits per heavy atom. The monoisotopic (exact) mass is 329 g/mol. The predicted molar refractivity (Wildman–Crippen MR) is 89.0 cm³/mol. The Kier molecular flexibility index (Phi) is 6.07. The topological polar surface area (TPSA) is 66.4 Å². The summed E-state index contributed by atoms with van der Waals surface area (Å²) in [7, 11) is 0. The van der Waals surface area contributed by atoms with E-state index in [0.29, 0.717) is 6.42 Å². The lowest BCUT2D eigenvalue weighted by atomic mass is 9.99. The van der Waals surface area contributed by atoms with Crippen LogP contribution in [0.1, 0.15) is 18.1 Å². The average molecular weight is 329 g/mol. The van der Waals surface area contributed by atoms with E-state index in [0.717, 1.165) is 11.1 Å². The number of benzene rings is 2. The van der Waals surface area contributed by atoms with Gasteiger partial charge >= 0.3 is 5.97 Å². The van der Waals surface area contributed by atoms with Gasteiger partial charge in [-0.1, -0.05) is 49.4 Å². The van der Waals surface area contributed by atoms with Crippen LogP contribution in [0.2, 0.25) is 0 Å². The zero-order valence-electron chi connectivity index (χ0n) is 13.4. The van der Waals surface area contributed by atoms with Crippen LogP contribution in [0.15, 0.2) is 54.6 Å². The SMILES string of the molecule is C[C@H](Cc1ccc(F)cc1)C(=O)N[C@H](Cc1ccccc1)C(=O)O. The van der Waals surface area contributed by atoms with Crippen LogP contribution in [0.3, 0.4) is 0 Å². The van der Waals surface area contributed by atoms with Crippen LogP contribution in [0.5, 0.6) is 0 Å². The van der Waals surface area contributed by atoms with Crippen molar-refractivity contribution in [1.82, 2.24) is 5.32 Å². The number of carbonyl (C=O) groups is 2. The number of aliphatic carboxylic acids is 1. The van der Waals surface area contributed by atoms with E-state index < -0.39 is 17.9 Å². The molecule has 0 aliphatic carbocycles. The summed E-state index contributed by atoms with van der Waals surface area (Å²) >= 11 is 0. The summed E-state index contributed by atoms with van der Waals surface area (Å²) in [5, 5.41) is 11.9. The minimum absolute atomic E-state index is 0.227. The van der Waals surface area contributed by atoms with Gasteiger partial charge < -0.3 is 10.4 Å². The Bertz CT molecular complexity index is 686. The van der Waals surface area contributed by atoms with E-state index in [2.05, 4.69) is 5.32 Å². The fraction of sp³-hybridized carbons (Fsp3) is 0.263. The molecule has 0 spiro atoms. The molecule has 2 N–H and O–H groups in total. The molecule has 0 saturated heterocycles. The maximum Gasteiger partial charge on any atom is 0.326 e. The highest BCUT2D eigenvalue weighted by molar-refractivity contribution is 5.85. The molecule has 0 unspecified atom stereocenters. The molecular formula is C19H20FNO3. The van der Waals surface area contributed by atoms with Crippen molar-refractivity contribution in [3.05, 3.63) is 71.5 Å². The minimum atomic E-state index is -1.07. The second kappa shape index (κ2) is 8.24. The Labute approximate surface area is 140 Å². The minimum Gasteiger partial charge on any atom is -0.480 e. The smallest absolute Gasteiger partial charge is 0.326 e. The van der Waals surface area contributed by atoms with E-state index in [-0.39, 0.29) is 18.1 Å². The van der Waals surface area contributed by atoms with Crippen LogP contribution in [0.4, 0.5) is 4.39 Å². The highest BCUT2D eigenvalue weighted by Crippen LogP contribution is 2.11. The molecule has 0 aromatic heterocycles. The number of hydrogen-bond donors (Lipinski definition) is 2. The lowest BCUT2D eigenvalue weighted by Gasteiger charge is -2.18. The second-order valence-electron chi connectivity index (χ2n) is 5.82. The maximum atomic E-state index is 12.9. The fourth-order valence-electron chi connectivity index (χ4n) is 2.43. The van der Waals surface area contributed by atoms with E-state index in [4.69, 9.17) is 0 Å². The molecule has 0 aliphatic heterocycles. The molecule has 0 radical (unpaired) electrons. The third-order valence-electron chi connectivity index (χ3n) is 3.80. The summed E-state index contributed by atoms with van der Waals surface area (Å²) in [5.41, 5.74) is 1.67. The van der Waals surface area contributed by atoms with Crippen LogP contribution in [0, 0.1) is 11.7 Å². The van der Waals surface area contributed by atoms with Crippen molar-refractivity contribution in [2.24, 2.45) is 5.92 Å². The van der Waals surface area contributed by atoms with Crippen LogP contribution < -0.4 is 5.32 Å². The number of halogens is 1. The zero-order chi connectivity index (χ0) is 17.5. The van der Waals surface area contributed by atoms with Gasteiger partial charge in [0.1, 0.15) is 11.9 Å². The summed E-state index contributed by atoms with van der Waals surface area (Å²) in [6.07, 6.45) is 0.648. The van der Waals surface area contributed by atoms with Gasteiger partial charge in [-0.25, -0.2) is 9.18 Å². The van der Waals surface area contributed by atoms with Crippen LogP contribution in [-0.2, 0) is 22.4 Å². The number of rotatable bonds is 7. The first-order valence-corrected chi connectivity index (χ1v) is 7.77. The summed E-state index contributed by atoms with van der Waals surface area (Å²) in [5.74, 6) is -2.14. The highest BCUT2D eigenvalue weighted by Gasteiger charge is 2.23. The molecule has 5 heteroatoms. The Hall–Kier alpha value is -2.69. The normalized spacial score (nSPS) is 13.1. The first-order chi connectivity index (χ1) is 11.5. The molecule has 2 atom stereocenters. The Morgan fingerprint density at radius 2 is 1.58 bits per heavy atom. The van der Waals surface area contributed by atoms with Gasteiger partial charge in [-0.3, -0.25) is 4.79 Å². The van der Waals surface area contributed by atoms with E-state index in [1.165, 1.54) is 12.1 Å². The zero-order valence-corrected chi connectivity index (χ0v) is 13.4. The number of amides is 1. The number of hydrogen-bond acceptors (Lipinski definition) is 2. The number of nitrogens with one attached hydrogen (secondary N) is 1. The molecule has 0 fully saturated rings. The lowest BCUT2D eigenvalue weighted by molar-refractivity contribution is -0.142. The van der Waals surface area contributed by atoms with Crippen molar-refractivity contribution in [3.63, 3.8) is 0 Å². The molecule has 126 valence electrons. The number of carbonyl (C=O) groups excluding carboxylic acids is 1. The molecule has 0 bridgehead atoms. The third kappa shape index (κ3) is 5.19. The summed E-state index contributed by atoms with van der Waals surface area (Å²) in [6, 6.07) is 14.1. The van der Waals surface area contributed by atoms with Gasteiger partial charge in [-0.05, 0) is 29.7 Å². The predicted octanol–water partition coefficient (Wildman–Crippen LogP) is 2.82. The average Bonchev–Trinajstić information content (AvgIpc) is 2.57. The quantitative estimate of drug-likeness (QED) is 0.821. The highest BCUT2D eigenvalue weighted by atomic mass is 19.1. The largest absolute Gasteiger partial charge is 0.480 e. The van der Waals surface area contributed by atoms with Gasteiger partial charge in [0.15, 0.2) is 0 Å². The molecule has 24 heavy (non-hydrogen) atoms. The molecule has 0 saturated carbocycles. The van der Waals surface area contributed by atoms with Gasteiger partial charge in [0.2, 0.25) is 5.91 Å². The van der Waals surface area contributed by atoms with Gasteiger partial charge in [0.25, 0.3) is 0 Å². The van der Waals surface area contributed by atoms with Crippen molar-refractivity contribution in [2.75, 3.05) is 0 Å². The lowest BCUT2D eigenvalue weighted by Crippen LogP contribution is -2.44. The van der Waals surface area contributed by atoms with Crippen LogP contribution >= 0.6 is 0 Å². The molecule has 0 aliphatic rings. The third-order valence-corrected chi connectivity index (χ3v) is 3.80.